The molecule has 0 bridgehead atoms. The van der Waals surface area contributed by atoms with Crippen molar-refractivity contribution in [2.45, 2.75) is 25.8 Å². The van der Waals surface area contributed by atoms with E-state index in [0.717, 1.165) is 0 Å². The van der Waals surface area contributed by atoms with Crippen molar-refractivity contribution in [1.29, 1.82) is 0 Å². The molecule has 0 unspecified atom stereocenters. The Kier molecular flexibility index (Phi) is 5.20. The van der Waals surface area contributed by atoms with Gasteiger partial charge in [0.05, 0.1) is 6.04 Å². The summed E-state index contributed by atoms with van der Waals surface area (Å²) in [6.45, 7) is 3.28. The number of hydrogen-bond donors (Lipinski definition) is 2. The van der Waals surface area contributed by atoms with Crippen LogP contribution in [0.15, 0.2) is 24.3 Å². The number of rotatable bonds is 4. The Balaban J connectivity index is 1.90. The molecule has 0 radical (unpaired) electrons. The lowest BCUT2D eigenvalue weighted by molar-refractivity contribution is -0.124. The first kappa shape index (κ1) is 15.8. The Labute approximate surface area is 129 Å². The van der Waals surface area contributed by atoms with Gasteiger partial charge in [0.1, 0.15) is 0 Å². The van der Waals surface area contributed by atoms with Crippen LogP contribution in [0.3, 0.4) is 0 Å². The summed E-state index contributed by atoms with van der Waals surface area (Å²) in [4.78, 5) is 25.5. The fraction of sp³-hybridized carbons (Fsp3) is 0.467. The molecular weight excluding hydrogens is 290 g/mol. The highest BCUT2D eigenvalue weighted by atomic mass is 35.5. The van der Waals surface area contributed by atoms with Crippen molar-refractivity contribution >= 4 is 29.1 Å². The Morgan fingerprint density at radius 3 is 2.62 bits per heavy atom. The number of anilines is 1. The van der Waals surface area contributed by atoms with Crippen LogP contribution in [-0.2, 0) is 9.59 Å². The predicted molar refractivity (Wildman–Crippen MR) is 83.0 cm³/mol. The lowest BCUT2D eigenvalue weighted by atomic mass is 9.95. The van der Waals surface area contributed by atoms with Gasteiger partial charge in [-0.25, -0.2) is 0 Å². The maximum Gasteiger partial charge on any atom is 0.241 e. The maximum absolute atomic E-state index is 12.3. The molecule has 1 saturated heterocycles. The topological polar surface area (TPSA) is 75.4 Å². The van der Waals surface area contributed by atoms with Crippen molar-refractivity contribution in [1.82, 2.24) is 4.90 Å². The minimum Gasteiger partial charge on any atom is -0.369 e. The number of likely N-dealkylation sites (tertiary alicyclic amines) is 1. The molecule has 1 heterocycles. The second-order valence-corrected chi connectivity index (χ2v) is 5.82. The number of halogens is 1. The molecule has 6 heteroatoms. The van der Waals surface area contributed by atoms with E-state index in [1.54, 1.807) is 24.3 Å². The number of piperidine rings is 1. The monoisotopic (exact) mass is 309 g/mol. The molecule has 2 amide bonds. The van der Waals surface area contributed by atoms with Gasteiger partial charge in [-0.2, -0.15) is 0 Å². The highest BCUT2D eigenvalue weighted by Crippen LogP contribution is 2.20. The normalized spacial score (nSPS) is 18.2. The molecule has 0 saturated carbocycles. The van der Waals surface area contributed by atoms with E-state index in [4.69, 9.17) is 17.3 Å². The van der Waals surface area contributed by atoms with Crippen LogP contribution in [0.2, 0.25) is 5.02 Å². The van der Waals surface area contributed by atoms with E-state index in [9.17, 15) is 9.59 Å². The number of benzene rings is 1. The molecule has 21 heavy (non-hydrogen) atoms. The summed E-state index contributed by atoms with van der Waals surface area (Å²) in [6, 6.07) is 6.81. The van der Waals surface area contributed by atoms with Crippen LogP contribution < -0.4 is 11.1 Å². The van der Waals surface area contributed by atoms with E-state index < -0.39 is 0 Å². The fourth-order valence-corrected chi connectivity index (χ4v) is 2.74. The van der Waals surface area contributed by atoms with Gasteiger partial charge in [-0.05, 0) is 51.1 Å². The summed E-state index contributed by atoms with van der Waals surface area (Å²) in [7, 11) is 0. The van der Waals surface area contributed by atoms with Crippen molar-refractivity contribution in [2.75, 3.05) is 18.4 Å². The third kappa shape index (κ3) is 4.19. The van der Waals surface area contributed by atoms with Crippen LogP contribution in [0.4, 0.5) is 5.69 Å². The molecule has 1 aliphatic heterocycles. The number of nitrogens with two attached hydrogens (primary N) is 1. The predicted octanol–water partition coefficient (Wildman–Crippen LogP) is 1.86. The van der Waals surface area contributed by atoms with Gasteiger partial charge in [0.15, 0.2) is 0 Å². The van der Waals surface area contributed by atoms with Crippen LogP contribution in [0.5, 0.6) is 0 Å². The van der Waals surface area contributed by atoms with Gasteiger partial charge in [0.25, 0.3) is 0 Å². The summed E-state index contributed by atoms with van der Waals surface area (Å²) in [6.07, 6.45) is 1.42. The Hall–Kier alpha value is -1.59. The smallest absolute Gasteiger partial charge is 0.241 e. The van der Waals surface area contributed by atoms with Crippen molar-refractivity contribution in [3.8, 4) is 0 Å². The molecule has 1 aromatic carbocycles. The molecule has 1 aliphatic rings. The van der Waals surface area contributed by atoms with Gasteiger partial charge in [-0.15, -0.1) is 0 Å². The Morgan fingerprint density at radius 2 is 2.05 bits per heavy atom. The molecule has 0 spiro atoms. The molecular formula is C15H20ClN3O2. The van der Waals surface area contributed by atoms with Gasteiger partial charge in [-0.1, -0.05) is 17.7 Å². The molecule has 0 aliphatic carbocycles. The first-order valence-electron chi connectivity index (χ1n) is 7.07. The molecule has 114 valence electrons. The number of amides is 2. The highest BCUT2D eigenvalue weighted by molar-refractivity contribution is 6.30. The summed E-state index contributed by atoms with van der Waals surface area (Å²) >= 11 is 5.90. The van der Waals surface area contributed by atoms with Gasteiger partial charge < -0.3 is 11.1 Å². The zero-order valence-electron chi connectivity index (χ0n) is 12.0. The van der Waals surface area contributed by atoms with Crippen LogP contribution in [-0.4, -0.2) is 35.8 Å². The minimum absolute atomic E-state index is 0.0653. The van der Waals surface area contributed by atoms with E-state index in [1.807, 2.05) is 6.92 Å². The van der Waals surface area contributed by atoms with Gasteiger partial charge in [0, 0.05) is 16.6 Å². The largest absolute Gasteiger partial charge is 0.369 e. The third-order valence-electron chi connectivity index (χ3n) is 3.95. The van der Waals surface area contributed by atoms with Crippen molar-refractivity contribution < 1.29 is 9.59 Å². The summed E-state index contributed by atoms with van der Waals surface area (Å²) in [5.41, 5.74) is 6.00. The number of nitrogens with one attached hydrogen (secondary N) is 1. The average Bonchev–Trinajstić information content (AvgIpc) is 2.46. The minimum atomic E-state index is -0.252. The zero-order valence-corrected chi connectivity index (χ0v) is 12.8. The van der Waals surface area contributed by atoms with Gasteiger partial charge in [0.2, 0.25) is 11.8 Å². The van der Waals surface area contributed by atoms with Crippen LogP contribution in [0.1, 0.15) is 19.8 Å². The number of primary amides is 1. The molecule has 3 N–H and O–H groups in total. The van der Waals surface area contributed by atoms with Gasteiger partial charge in [-0.3, -0.25) is 14.5 Å². The van der Waals surface area contributed by atoms with E-state index >= 15 is 0 Å². The first-order chi connectivity index (χ1) is 9.97. The Morgan fingerprint density at radius 1 is 1.38 bits per heavy atom. The summed E-state index contributed by atoms with van der Waals surface area (Å²) in [5, 5.41) is 3.44. The van der Waals surface area contributed by atoms with Crippen molar-refractivity contribution in [3.63, 3.8) is 0 Å². The molecule has 2 rings (SSSR count). The first-order valence-corrected chi connectivity index (χ1v) is 7.45. The second-order valence-electron chi connectivity index (χ2n) is 5.39. The SMILES string of the molecule is C[C@@H](C(=O)Nc1cccc(Cl)c1)N1CCC(C(N)=O)CC1. The van der Waals surface area contributed by atoms with Crippen molar-refractivity contribution in [2.24, 2.45) is 11.7 Å². The standard InChI is InChI=1S/C15H20ClN3O2/c1-10(19-7-5-11(6-8-19)14(17)20)15(21)18-13-4-2-3-12(16)9-13/h2-4,9-11H,5-8H2,1H3,(H2,17,20)(H,18,21)/t10-/m0/s1. The molecule has 0 aromatic heterocycles. The van der Waals surface area contributed by atoms with Gasteiger partial charge >= 0.3 is 0 Å². The fourth-order valence-electron chi connectivity index (χ4n) is 2.55. The number of hydrogen-bond acceptors (Lipinski definition) is 3. The van der Waals surface area contributed by atoms with E-state index in [2.05, 4.69) is 10.2 Å². The average molecular weight is 310 g/mol. The lowest BCUT2D eigenvalue weighted by Gasteiger charge is -2.34. The molecule has 5 nitrogen and oxygen atoms in total. The Bertz CT molecular complexity index is 527. The van der Waals surface area contributed by atoms with Crippen molar-refractivity contribution in [3.05, 3.63) is 29.3 Å². The molecule has 1 fully saturated rings. The summed E-state index contributed by atoms with van der Waals surface area (Å²) in [5.74, 6) is -0.384. The number of carbonyl (C=O) groups is 2. The number of carbonyl (C=O) groups excluding carboxylic acids is 2. The van der Waals surface area contributed by atoms with Crippen LogP contribution >= 0.6 is 11.6 Å². The third-order valence-corrected chi connectivity index (χ3v) is 4.19. The number of nitrogens with zero attached hydrogens (tertiary/aromatic N) is 1. The lowest BCUT2D eigenvalue weighted by Crippen LogP contribution is -2.47. The quantitative estimate of drug-likeness (QED) is 0.891. The second kappa shape index (κ2) is 6.91. The zero-order chi connectivity index (χ0) is 15.4. The van der Waals surface area contributed by atoms with Crippen LogP contribution in [0.25, 0.3) is 0 Å². The maximum atomic E-state index is 12.3. The molecule has 1 atom stereocenters. The summed E-state index contributed by atoms with van der Waals surface area (Å²) < 4.78 is 0. The van der Waals surface area contributed by atoms with E-state index in [-0.39, 0.29) is 23.8 Å². The van der Waals surface area contributed by atoms with E-state index in [0.29, 0.717) is 36.6 Å². The highest BCUT2D eigenvalue weighted by Gasteiger charge is 2.28. The van der Waals surface area contributed by atoms with E-state index in [1.165, 1.54) is 0 Å². The molecule has 1 aromatic rings. The van der Waals surface area contributed by atoms with Crippen LogP contribution in [0, 0.1) is 5.92 Å².